The molecule has 1 atom stereocenters. The Kier molecular flexibility index (Phi) is 4.75. The average molecular weight is 395 g/mol. The van der Waals surface area contributed by atoms with Crippen molar-refractivity contribution in [3.8, 4) is 0 Å². The predicted molar refractivity (Wildman–Crippen MR) is 96.1 cm³/mol. The summed E-state index contributed by atoms with van der Waals surface area (Å²) in [6, 6.07) is 13.8. The highest BCUT2D eigenvalue weighted by Crippen LogP contribution is 2.35. The van der Waals surface area contributed by atoms with E-state index in [1.165, 1.54) is 18.2 Å². The molecule has 0 bridgehead atoms. The summed E-state index contributed by atoms with van der Waals surface area (Å²) in [7, 11) is -2.02. The minimum absolute atomic E-state index is 0.251. The van der Waals surface area contributed by atoms with Crippen LogP contribution in [0.4, 0.5) is 5.69 Å². The van der Waals surface area contributed by atoms with Crippen molar-refractivity contribution in [2.75, 3.05) is 12.4 Å². The van der Waals surface area contributed by atoms with E-state index in [9.17, 15) is 8.42 Å². The molecule has 0 amide bonds. The molecule has 2 aromatic carbocycles. The van der Waals surface area contributed by atoms with Crippen LogP contribution < -0.4 is 10.0 Å². The monoisotopic (exact) mass is 394 g/mol. The maximum Gasteiger partial charge on any atom is 0.240 e. The summed E-state index contributed by atoms with van der Waals surface area (Å²) in [5, 5.41) is 3.54. The number of sulfonamides is 1. The van der Waals surface area contributed by atoms with E-state index in [-0.39, 0.29) is 10.9 Å². The molecule has 0 saturated heterocycles. The van der Waals surface area contributed by atoms with Gasteiger partial charge in [0, 0.05) is 10.2 Å². The van der Waals surface area contributed by atoms with E-state index >= 15 is 0 Å². The van der Waals surface area contributed by atoms with Crippen LogP contribution in [0.1, 0.15) is 30.0 Å². The van der Waals surface area contributed by atoms with Crippen molar-refractivity contribution in [2.45, 2.75) is 30.2 Å². The van der Waals surface area contributed by atoms with Gasteiger partial charge in [-0.3, -0.25) is 0 Å². The maximum absolute atomic E-state index is 11.9. The Bertz CT molecular complexity index is 821. The quantitative estimate of drug-likeness (QED) is 0.827. The minimum Gasteiger partial charge on any atom is -0.377 e. The summed E-state index contributed by atoms with van der Waals surface area (Å²) in [5.41, 5.74) is 3.63. The Balaban J connectivity index is 1.87. The third-order valence-corrected chi connectivity index (χ3v) is 6.29. The van der Waals surface area contributed by atoms with E-state index in [4.69, 9.17) is 0 Å². The number of benzene rings is 2. The van der Waals surface area contributed by atoms with E-state index in [0.29, 0.717) is 0 Å². The van der Waals surface area contributed by atoms with Crippen LogP contribution in [0.25, 0.3) is 0 Å². The summed E-state index contributed by atoms with van der Waals surface area (Å²) in [5.74, 6) is 0. The first kappa shape index (κ1) is 16.5. The van der Waals surface area contributed by atoms with Gasteiger partial charge in [0.1, 0.15) is 0 Å². The Hall–Kier alpha value is -1.37. The van der Waals surface area contributed by atoms with Crippen LogP contribution in [0.5, 0.6) is 0 Å². The predicted octanol–water partition coefficient (Wildman–Crippen LogP) is 3.85. The van der Waals surface area contributed by atoms with Crippen molar-refractivity contribution >= 4 is 31.6 Å². The second-order valence-corrected chi connectivity index (χ2v) is 8.38. The van der Waals surface area contributed by atoms with Crippen LogP contribution in [-0.4, -0.2) is 15.5 Å². The van der Waals surface area contributed by atoms with Crippen LogP contribution in [0, 0.1) is 0 Å². The molecule has 1 aliphatic rings. The first-order valence-corrected chi connectivity index (χ1v) is 9.86. The molecule has 1 unspecified atom stereocenters. The van der Waals surface area contributed by atoms with Gasteiger partial charge >= 0.3 is 0 Å². The van der Waals surface area contributed by atoms with Crippen molar-refractivity contribution in [2.24, 2.45) is 0 Å². The van der Waals surface area contributed by atoms with Crippen LogP contribution in [0.3, 0.4) is 0 Å². The van der Waals surface area contributed by atoms with Crippen molar-refractivity contribution in [1.29, 1.82) is 0 Å². The lowest BCUT2D eigenvalue weighted by atomic mass is 9.87. The zero-order chi connectivity index (χ0) is 16.4. The minimum atomic E-state index is -3.43. The largest absolute Gasteiger partial charge is 0.377 e. The molecule has 2 aromatic rings. The van der Waals surface area contributed by atoms with Gasteiger partial charge in [-0.05, 0) is 71.6 Å². The van der Waals surface area contributed by atoms with E-state index in [1.807, 2.05) is 6.07 Å². The van der Waals surface area contributed by atoms with Crippen molar-refractivity contribution in [3.63, 3.8) is 0 Å². The SMILES string of the molecule is CNS(=O)(=O)c1ccc(NC2CCCc3ccccc32)c(Br)c1. The standard InChI is InChI=1S/C17H19BrN2O2S/c1-19-23(21,22)13-9-10-17(15(18)11-13)20-16-8-4-6-12-5-2-3-7-14(12)16/h2-3,5,7,9-11,16,19-20H,4,6,8H2,1H3. The van der Waals surface area contributed by atoms with Gasteiger partial charge in [-0.15, -0.1) is 0 Å². The van der Waals surface area contributed by atoms with E-state index in [0.717, 1.165) is 29.4 Å². The van der Waals surface area contributed by atoms with Crippen molar-refractivity contribution in [1.82, 2.24) is 4.72 Å². The van der Waals surface area contributed by atoms with Crippen molar-refractivity contribution < 1.29 is 8.42 Å². The van der Waals surface area contributed by atoms with E-state index in [2.05, 4.69) is 50.2 Å². The number of halogens is 1. The Morgan fingerprint density at radius 1 is 1.17 bits per heavy atom. The number of anilines is 1. The molecule has 0 fully saturated rings. The fourth-order valence-corrected chi connectivity index (χ4v) is 4.39. The van der Waals surface area contributed by atoms with Gasteiger partial charge in [-0.1, -0.05) is 24.3 Å². The van der Waals surface area contributed by atoms with Crippen LogP contribution >= 0.6 is 15.9 Å². The van der Waals surface area contributed by atoms with E-state index < -0.39 is 10.0 Å². The number of aryl methyl sites for hydroxylation is 1. The van der Waals surface area contributed by atoms with Gasteiger partial charge < -0.3 is 5.32 Å². The maximum atomic E-state index is 11.9. The van der Waals surface area contributed by atoms with Crippen LogP contribution in [0.2, 0.25) is 0 Å². The van der Waals surface area contributed by atoms with Gasteiger partial charge in [-0.25, -0.2) is 13.1 Å². The highest BCUT2D eigenvalue weighted by Gasteiger charge is 2.21. The summed E-state index contributed by atoms with van der Waals surface area (Å²) in [6.07, 6.45) is 3.34. The second kappa shape index (κ2) is 6.63. The summed E-state index contributed by atoms with van der Waals surface area (Å²) < 4.78 is 26.8. The second-order valence-electron chi connectivity index (χ2n) is 5.64. The third kappa shape index (κ3) is 3.44. The Morgan fingerprint density at radius 2 is 1.96 bits per heavy atom. The molecule has 4 nitrogen and oxygen atoms in total. The fourth-order valence-electron chi connectivity index (χ4n) is 2.99. The lowest BCUT2D eigenvalue weighted by molar-refractivity contribution is 0.588. The number of nitrogens with one attached hydrogen (secondary N) is 2. The summed E-state index contributed by atoms with van der Waals surface area (Å²) in [4.78, 5) is 0.251. The Labute approximate surface area is 145 Å². The molecular formula is C17H19BrN2O2S. The average Bonchev–Trinajstić information content (AvgIpc) is 2.57. The molecule has 0 aromatic heterocycles. The third-order valence-electron chi connectivity index (χ3n) is 4.22. The molecule has 0 spiro atoms. The summed E-state index contributed by atoms with van der Waals surface area (Å²) in [6.45, 7) is 0. The number of rotatable bonds is 4. The molecule has 0 heterocycles. The Morgan fingerprint density at radius 3 is 2.70 bits per heavy atom. The molecule has 6 heteroatoms. The molecule has 2 N–H and O–H groups in total. The van der Waals surface area contributed by atoms with Crippen molar-refractivity contribution in [3.05, 3.63) is 58.1 Å². The van der Waals surface area contributed by atoms with Gasteiger partial charge in [0.05, 0.1) is 10.9 Å². The highest BCUT2D eigenvalue weighted by molar-refractivity contribution is 9.10. The van der Waals surface area contributed by atoms with Gasteiger partial charge in [0.2, 0.25) is 10.0 Å². The first-order valence-electron chi connectivity index (χ1n) is 7.59. The lowest BCUT2D eigenvalue weighted by Crippen LogP contribution is -2.19. The van der Waals surface area contributed by atoms with E-state index in [1.54, 1.807) is 12.1 Å². The lowest BCUT2D eigenvalue weighted by Gasteiger charge is -2.27. The normalized spacial score (nSPS) is 17.6. The molecule has 0 radical (unpaired) electrons. The molecule has 0 aliphatic heterocycles. The molecular weight excluding hydrogens is 376 g/mol. The molecule has 122 valence electrons. The zero-order valence-corrected chi connectivity index (χ0v) is 15.2. The van der Waals surface area contributed by atoms with Gasteiger partial charge in [0.25, 0.3) is 0 Å². The highest BCUT2D eigenvalue weighted by atomic mass is 79.9. The molecule has 3 rings (SSSR count). The zero-order valence-electron chi connectivity index (χ0n) is 12.8. The van der Waals surface area contributed by atoms with Gasteiger partial charge in [-0.2, -0.15) is 0 Å². The number of hydrogen-bond donors (Lipinski definition) is 2. The first-order chi connectivity index (χ1) is 11.0. The topological polar surface area (TPSA) is 58.2 Å². The van der Waals surface area contributed by atoms with Crippen LogP contribution in [-0.2, 0) is 16.4 Å². The fraction of sp³-hybridized carbons (Fsp3) is 0.294. The molecule has 1 aliphatic carbocycles. The number of hydrogen-bond acceptors (Lipinski definition) is 3. The number of fused-ring (bicyclic) bond motifs is 1. The molecule has 0 saturated carbocycles. The molecule has 23 heavy (non-hydrogen) atoms. The smallest absolute Gasteiger partial charge is 0.240 e. The summed E-state index contributed by atoms with van der Waals surface area (Å²) >= 11 is 3.48. The van der Waals surface area contributed by atoms with Gasteiger partial charge in [0.15, 0.2) is 0 Å². The van der Waals surface area contributed by atoms with Crippen LogP contribution in [0.15, 0.2) is 51.8 Å².